The van der Waals surface area contributed by atoms with Crippen molar-refractivity contribution in [2.45, 2.75) is 36.5 Å². The van der Waals surface area contributed by atoms with Crippen LogP contribution >= 0.6 is 11.6 Å². The van der Waals surface area contributed by atoms with Gasteiger partial charge >= 0.3 is 0 Å². The Balaban J connectivity index is 3.03. The maximum Gasteiger partial charge on any atom is 0.240 e. The summed E-state index contributed by atoms with van der Waals surface area (Å²) in [4.78, 5) is 0.279. The predicted octanol–water partition coefficient (Wildman–Crippen LogP) is 2.72. The third-order valence-electron chi connectivity index (χ3n) is 2.88. The highest BCUT2D eigenvalue weighted by atomic mass is 35.5. The van der Waals surface area contributed by atoms with Crippen molar-refractivity contribution in [1.29, 1.82) is 0 Å². The van der Waals surface area contributed by atoms with Crippen LogP contribution in [0, 0.1) is 0 Å². The highest BCUT2D eigenvalue weighted by Crippen LogP contribution is 2.27. The Morgan fingerprint density at radius 2 is 1.82 bits per heavy atom. The van der Waals surface area contributed by atoms with Gasteiger partial charge in [0.25, 0.3) is 0 Å². The van der Waals surface area contributed by atoms with Gasteiger partial charge in [0, 0.05) is 5.38 Å². The van der Waals surface area contributed by atoms with Crippen LogP contribution in [-0.4, -0.2) is 20.8 Å². The van der Waals surface area contributed by atoms with Gasteiger partial charge in [-0.1, -0.05) is 19.1 Å². The predicted molar refractivity (Wildman–Crippen MR) is 71.0 cm³/mol. The van der Waals surface area contributed by atoms with E-state index in [4.69, 9.17) is 11.6 Å². The second kappa shape index (κ2) is 5.85. The van der Waals surface area contributed by atoms with Crippen LogP contribution in [0.2, 0.25) is 0 Å². The maximum absolute atomic E-state index is 11.5. The van der Waals surface area contributed by atoms with Gasteiger partial charge in [0.2, 0.25) is 10.0 Å². The first-order valence-electron chi connectivity index (χ1n) is 5.60. The largest absolute Gasteiger partial charge is 0.240 e. The Bertz CT molecular complexity index is 454. The minimum atomic E-state index is -3.35. The molecule has 0 aliphatic carbocycles. The van der Waals surface area contributed by atoms with Gasteiger partial charge in [0.15, 0.2) is 0 Å². The summed E-state index contributed by atoms with van der Waals surface area (Å²) in [5.74, 6) is 0.253. The van der Waals surface area contributed by atoms with Gasteiger partial charge in [-0.25, -0.2) is 13.1 Å². The molecule has 1 rings (SSSR count). The van der Waals surface area contributed by atoms with Crippen molar-refractivity contribution in [3.8, 4) is 0 Å². The SMILES string of the molecule is CCC(c1ccc(S(=O)(=O)NC)cc1)C(C)Cl. The molecular formula is C12H18ClNO2S. The fourth-order valence-electron chi connectivity index (χ4n) is 1.84. The molecule has 96 valence electrons. The fraction of sp³-hybridized carbons (Fsp3) is 0.500. The smallest absolute Gasteiger partial charge is 0.214 e. The first-order valence-corrected chi connectivity index (χ1v) is 7.52. The summed E-state index contributed by atoms with van der Waals surface area (Å²) in [6.07, 6.45) is 0.933. The van der Waals surface area contributed by atoms with Gasteiger partial charge in [-0.05, 0) is 44.0 Å². The number of sulfonamides is 1. The maximum atomic E-state index is 11.5. The summed E-state index contributed by atoms with van der Waals surface area (Å²) < 4.78 is 25.4. The first kappa shape index (κ1) is 14.5. The molecule has 1 aromatic rings. The molecule has 3 nitrogen and oxygen atoms in total. The molecule has 0 aliphatic heterocycles. The van der Waals surface area contributed by atoms with E-state index in [-0.39, 0.29) is 16.2 Å². The molecule has 1 N–H and O–H groups in total. The summed E-state index contributed by atoms with van der Waals surface area (Å²) in [7, 11) is -1.95. The van der Waals surface area contributed by atoms with E-state index in [0.717, 1.165) is 12.0 Å². The molecule has 1 aromatic carbocycles. The Labute approximate surface area is 108 Å². The summed E-state index contributed by atoms with van der Waals surface area (Å²) in [6.45, 7) is 4.02. The molecular weight excluding hydrogens is 258 g/mol. The zero-order valence-electron chi connectivity index (χ0n) is 10.3. The zero-order valence-corrected chi connectivity index (χ0v) is 11.8. The number of rotatable bonds is 5. The highest BCUT2D eigenvalue weighted by Gasteiger charge is 2.17. The van der Waals surface area contributed by atoms with Crippen molar-refractivity contribution in [1.82, 2.24) is 4.72 Å². The number of nitrogens with one attached hydrogen (secondary N) is 1. The lowest BCUT2D eigenvalue weighted by molar-refractivity contribution is 0.588. The lowest BCUT2D eigenvalue weighted by Crippen LogP contribution is -2.18. The van der Waals surface area contributed by atoms with Crippen LogP contribution in [0.4, 0.5) is 0 Å². The standard InChI is InChI=1S/C12H18ClNO2S/c1-4-12(9(2)13)10-5-7-11(8-6-10)17(15,16)14-3/h5-9,12,14H,4H2,1-3H3. The van der Waals surface area contributed by atoms with Gasteiger partial charge < -0.3 is 0 Å². The molecule has 2 atom stereocenters. The van der Waals surface area contributed by atoms with E-state index in [0.29, 0.717) is 0 Å². The number of halogens is 1. The monoisotopic (exact) mass is 275 g/mol. The first-order chi connectivity index (χ1) is 7.92. The second-order valence-electron chi connectivity index (χ2n) is 3.97. The van der Waals surface area contributed by atoms with Gasteiger partial charge in [0.1, 0.15) is 0 Å². The van der Waals surface area contributed by atoms with Crippen molar-refractivity contribution in [3.05, 3.63) is 29.8 Å². The summed E-state index contributed by atoms with van der Waals surface area (Å²) in [5.41, 5.74) is 1.07. The molecule has 2 unspecified atom stereocenters. The molecule has 0 radical (unpaired) electrons. The van der Waals surface area contributed by atoms with Gasteiger partial charge in [-0.3, -0.25) is 0 Å². The Morgan fingerprint density at radius 3 is 2.18 bits per heavy atom. The topological polar surface area (TPSA) is 46.2 Å². The number of benzene rings is 1. The van der Waals surface area contributed by atoms with E-state index in [2.05, 4.69) is 11.6 Å². The Morgan fingerprint density at radius 1 is 1.29 bits per heavy atom. The third-order valence-corrected chi connectivity index (χ3v) is 4.62. The molecule has 0 bridgehead atoms. The normalized spacial score (nSPS) is 15.5. The van der Waals surface area contributed by atoms with E-state index in [1.54, 1.807) is 12.1 Å². The van der Waals surface area contributed by atoms with Crippen molar-refractivity contribution in [2.75, 3.05) is 7.05 Å². The van der Waals surface area contributed by atoms with Gasteiger partial charge in [0.05, 0.1) is 4.90 Å². The van der Waals surface area contributed by atoms with Crippen LogP contribution < -0.4 is 4.72 Å². The van der Waals surface area contributed by atoms with Crippen LogP contribution in [-0.2, 0) is 10.0 Å². The lowest BCUT2D eigenvalue weighted by Gasteiger charge is -2.18. The molecule has 0 saturated carbocycles. The van der Waals surface area contributed by atoms with Crippen molar-refractivity contribution >= 4 is 21.6 Å². The zero-order chi connectivity index (χ0) is 13.1. The minimum Gasteiger partial charge on any atom is -0.214 e. The molecule has 0 heterocycles. The Kier molecular flexibility index (Phi) is 4.98. The van der Waals surface area contributed by atoms with Crippen LogP contribution in [0.1, 0.15) is 31.7 Å². The summed E-state index contributed by atoms with van der Waals surface area (Å²) in [6, 6.07) is 6.89. The molecule has 0 amide bonds. The number of hydrogen-bond acceptors (Lipinski definition) is 2. The van der Waals surface area contributed by atoms with Crippen molar-refractivity contribution in [3.63, 3.8) is 0 Å². The average Bonchev–Trinajstić information content (AvgIpc) is 2.30. The Hall–Kier alpha value is -0.580. The van der Waals surface area contributed by atoms with E-state index in [1.165, 1.54) is 7.05 Å². The molecule has 17 heavy (non-hydrogen) atoms. The summed E-state index contributed by atoms with van der Waals surface area (Å²) in [5, 5.41) is 0.0340. The molecule has 0 aliphatic rings. The van der Waals surface area contributed by atoms with E-state index >= 15 is 0 Å². The van der Waals surface area contributed by atoms with Crippen LogP contribution in [0.3, 0.4) is 0 Å². The van der Waals surface area contributed by atoms with Crippen molar-refractivity contribution in [2.24, 2.45) is 0 Å². The lowest BCUT2D eigenvalue weighted by atomic mass is 9.94. The molecule has 5 heteroatoms. The molecule has 0 saturated heterocycles. The molecule has 0 aromatic heterocycles. The third kappa shape index (κ3) is 3.44. The number of alkyl halides is 1. The molecule has 0 fully saturated rings. The van der Waals surface area contributed by atoms with E-state index in [1.807, 2.05) is 19.1 Å². The molecule has 0 spiro atoms. The van der Waals surface area contributed by atoms with Gasteiger partial charge in [-0.2, -0.15) is 0 Å². The van der Waals surface area contributed by atoms with Crippen LogP contribution in [0.25, 0.3) is 0 Å². The van der Waals surface area contributed by atoms with Crippen LogP contribution in [0.15, 0.2) is 29.2 Å². The quantitative estimate of drug-likeness (QED) is 0.840. The summed E-state index contributed by atoms with van der Waals surface area (Å²) >= 11 is 6.10. The second-order valence-corrected chi connectivity index (χ2v) is 6.54. The average molecular weight is 276 g/mol. The minimum absolute atomic E-state index is 0.0340. The van der Waals surface area contributed by atoms with Crippen molar-refractivity contribution < 1.29 is 8.42 Å². The van der Waals surface area contributed by atoms with E-state index < -0.39 is 10.0 Å². The van der Waals surface area contributed by atoms with Gasteiger partial charge in [-0.15, -0.1) is 11.6 Å². The van der Waals surface area contributed by atoms with E-state index in [9.17, 15) is 8.42 Å². The van der Waals surface area contributed by atoms with Crippen LogP contribution in [0.5, 0.6) is 0 Å². The highest BCUT2D eigenvalue weighted by molar-refractivity contribution is 7.89. The fourth-order valence-corrected chi connectivity index (χ4v) is 2.89. The number of hydrogen-bond donors (Lipinski definition) is 1.